The van der Waals surface area contributed by atoms with Crippen LogP contribution in [0.5, 0.6) is 0 Å². The molecule has 132 valence electrons. The van der Waals surface area contributed by atoms with Crippen molar-refractivity contribution < 1.29 is 9.59 Å². The number of likely N-dealkylation sites (tertiary alicyclic amines) is 1. The van der Waals surface area contributed by atoms with E-state index in [-0.39, 0.29) is 11.9 Å². The van der Waals surface area contributed by atoms with Gasteiger partial charge >= 0.3 is 6.03 Å². The zero-order chi connectivity index (χ0) is 17.5. The molecule has 2 rings (SSSR count). The highest BCUT2D eigenvalue weighted by atomic mass is 16.2. The Labute approximate surface area is 145 Å². The van der Waals surface area contributed by atoms with Gasteiger partial charge in [-0.15, -0.1) is 0 Å². The van der Waals surface area contributed by atoms with Crippen LogP contribution in [0, 0.1) is 0 Å². The van der Waals surface area contributed by atoms with Crippen LogP contribution in [0.25, 0.3) is 0 Å². The molecule has 1 atom stereocenters. The van der Waals surface area contributed by atoms with E-state index in [0.717, 1.165) is 49.9 Å². The molecule has 1 aliphatic heterocycles. The predicted molar refractivity (Wildman–Crippen MR) is 96.3 cm³/mol. The van der Waals surface area contributed by atoms with E-state index in [0.29, 0.717) is 12.5 Å². The Morgan fingerprint density at radius 1 is 1.38 bits per heavy atom. The number of nitrogens with one attached hydrogen (secondary N) is 1. The van der Waals surface area contributed by atoms with Gasteiger partial charge < -0.3 is 15.1 Å². The Bertz CT molecular complexity index is 573. The van der Waals surface area contributed by atoms with Gasteiger partial charge in [0.05, 0.1) is 0 Å². The quantitative estimate of drug-likeness (QED) is 0.901. The lowest BCUT2D eigenvalue weighted by Gasteiger charge is -2.32. The molecule has 0 radical (unpaired) electrons. The molecule has 5 nitrogen and oxygen atoms in total. The summed E-state index contributed by atoms with van der Waals surface area (Å²) >= 11 is 0. The standard InChI is InChI=1S/C19H29N3O2/c1-4-5-11-21(3)18(23)16-9-6-8-15(13-16)17-10-7-12-22(14-17)19(24)20-2/h6,8-9,13,17H,4-5,7,10-12,14H2,1-3H3,(H,20,24)/t17-/m1/s1. The van der Waals surface area contributed by atoms with E-state index in [9.17, 15) is 9.59 Å². The van der Waals surface area contributed by atoms with Crippen molar-refractivity contribution in [3.63, 3.8) is 0 Å². The summed E-state index contributed by atoms with van der Waals surface area (Å²) in [5.74, 6) is 0.369. The van der Waals surface area contributed by atoms with Crippen molar-refractivity contribution in [2.45, 2.75) is 38.5 Å². The first-order valence-corrected chi connectivity index (χ1v) is 8.89. The average Bonchev–Trinajstić information content (AvgIpc) is 2.65. The Balaban J connectivity index is 2.09. The molecule has 5 heteroatoms. The van der Waals surface area contributed by atoms with E-state index in [2.05, 4.69) is 18.3 Å². The van der Waals surface area contributed by atoms with Gasteiger partial charge in [-0.1, -0.05) is 25.5 Å². The normalized spacial score (nSPS) is 17.5. The Hall–Kier alpha value is -2.04. The van der Waals surface area contributed by atoms with Crippen LogP contribution >= 0.6 is 0 Å². The highest BCUT2D eigenvalue weighted by Gasteiger charge is 2.24. The Morgan fingerprint density at radius 3 is 2.88 bits per heavy atom. The van der Waals surface area contributed by atoms with Crippen molar-refractivity contribution >= 4 is 11.9 Å². The molecule has 1 fully saturated rings. The Kier molecular flexibility index (Phi) is 6.64. The van der Waals surface area contributed by atoms with Gasteiger partial charge in [-0.2, -0.15) is 0 Å². The molecule has 0 spiro atoms. The largest absolute Gasteiger partial charge is 0.342 e. The first-order chi connectivity index (χ1) is 11.6. The van der Waals surface area contributed by atoms with E-state index < -0.39 is 0 Å². The van der Waals surface area contributed by atoms with E-state index in [1.54, 1.807) is 11.9 Å². The molecule has 1 aromatic rings. The minimum Gasteiger partial charge on any atom is -0.342 e. The van der Waals surface area contributed by atoms with Crippen LogP contribution in [0.1, 0.15) is 54.4 Å². The van der Waals surface area contributed by atoms with Gasteiger partial charge in [0.1, 0.15) is 0 Å². The summed E-state index contributed by atoms with van der Waals surface area (Å²) in [7, 11) is 3.52. The van der Waals surface area contributed by atoms with E-state index in [1.807, 2.05) is 30.1 Å². The van der Waals surface area contributed by atoms with Crippen molar-refractivity contribution in [3.8, 4) is 0 Å². The maximum atomic E-state index is 12.6. The molecule has 1 N–H and O–H groups in total. The number of hydrogen-bond donors (Lipinski definition) is 1. The Morgan fingerprint density at radius 2 is 2.17 bits per heavy atom. The molecule has 0 bridgehead atoms. The van der Waals surface area contributed by atoms with Crippen LogP contribution in [0.4, 0.5) is 4.79 Å². The molecule has 0 saturated carbocycles. The lowest BCUT2D eigenvalue weighted by Crippen LogP contribution is -2.43. The molecule has 1 aliphatic rings. The van der Waals surface area contributed by atoms with Crippen molar-refractivity contribution in [1.29, 1.82) is 0 Å². The highest BCUT2D eigenvalue weighted by molar-refractivity contribution is 5.94. The van der Waals surface area contributed by atoms with Crippen molar-refractivity contribution in [1.82, 2.24) is 15.1 Å². The van der Waals surface area contributed by atoms with Crippen molar-refractivity contribution in [2.24, 2.45) is 0 Å². The molecule has 0 aromatic heterocycles. The summed E-state index contributed by atoms with van der Waals surface area (Å²) in [5, 5.41) is 2.70. The smallest absolute Gasteiger partial charge is 0.317 e. The second kappa shape index (κ2) is 8.71. The zero-order valence-electron chi connectivity index (χ0n) is 15.0. The van der Waals surface area contributed by atoms with Crippen LogP contribution in [-0.4, -0.2) is 55.5 Å². The molecule has 0 aliphatic carbocycles. The fraction of sp³-hybridized carbons (Fsp3) is 0.579. The van der Waals surface area contributed by atoms with Crippen LogP contribution < -0.4 is 5.32 Å². The number of unbranched alkanes of at least 4 members (excludes halogenated alkanes) is 1. The van der Waals surface area contributed by atoms with E-state index in [1.165, 1.54) is 0 Å². The summed E-state index contributed by atoms with van der Waals surface area (Å²) in [6, 6.07) is 7.89. The first kappa shape index (κ1) is 18.3. The lowest BCUT2D eigenvalue weighted by molar-refractivity contribution is 0.0793. The van der Waals surface area contributed by atoms with Gasteiger partial charge in [-0.25, -0.2) is 4.79 Å². The summed E-state index contributed by atoms with van der Waals surface area (Å²) in [6.45, 7) is 4.42. The lowest BCUT2D eigenvalue weighted by atomic mass is 9.89. The molecular weight excluding hydrogens is 302 g/mol. The van der Waals surface area contributed by atoms with Gasteiger partial charge in [0.15, 0.2) is 0 Å². The number of carbonyl (C=O) groups is 2. The molecule has 3 amide bonds. The second-order valence-corrected chi connectivity index (χ2v) is 6.55. The van der Waals surface area contributed by atoms with E-state index >= 15 is 0 Å². The van der Waals surface area contributed by atoms with Gasteiger partial charge in [0, 0.05) is 45.2 Å². The number of hydrogen-bond acceptors (Lipinski definition) is 2. The molecule has 1 saturated heterocycles. The van der Waals surface area contributed by atoms with Crippen LogP contribution in [0.2, 0.25) is 0 Å². The number of rotatable bonds is 5. The summed E-state index contributed by atoms with van der Waals surface area (Å²) in [6.07, 6.45) is 4.14. The first-order valence-electron chi connectivity index (χ1n) is 8.89. The maximum absolute atomic E-state index is 12.6. The van der Waals surface area contributed by atoms with Crippen molar-refractivity contribution in [2.75, 3.05) is 33.7 Å². The third-order valence-electron chi connectivity index (χ3n) is 4.72. The number of urea groups is 1. The molecule has 1 heterocycles. The predicted octanol–water partition coefficient (Wildman–Crippen LogP) is 3.08. The molecular formula is C19H29N3O2. The number of nitrogens with zero attached hydrogens (tertiary/aromatic N) is 2. The van der Waals surface area contributed by atoms with Gasteiger partial charge in [0.2, 0.25) is 0 Å². The summed E-state index contributed by atoms with van der Waals surface area (Å²) in [5.41, 5.74) is 1.89. The maximum Gasteiger partial charge on any atom is 0.317 e. The number of amides is 3. The minimum absolute atomic E-state index is 0.0220. The van der Waals surface area contributed by atoms with Gasteiger partial charge in [0.25, 0.3) is 5.91 Å². The van der Waals surface area contributed by atoms with Crippen LogP contribution in [0.15, 0.2) is 24.3 Å². The SMILES string of the molecule is CCCCN(C)C(=O)c1cccc([C@@H]2CCCN(C(=O)NC)C2)c1. The highest BCUT2D eigenvalue weighted by Crippen LogP contribution is 2.27. The monoisotopic (exact) mass is 331 g/mol. The fourth-order valence-electron chi connectivity index (χ4n) is 3.23. The molecule has 1 aromatic carbocycles. The average molecular weight is 331 g/mol. The number of piperidine rings is 1. The van der Waals surface area contributed by atoms with Crippen LogP contribution in [-0.2, 0) is 0 Å². The minimum atomic E-state index is -0.0220. The summed E-state index contributed by atoms with van der Waals surface area (Å²) < 4.78 is 0. The summed E-state index contributed by atoms with van der Waals surface area (Å²) in [4.78, 5) is 28.1. The van der Waals surface area contributed by atoms with E-state index in [4.69, 9.17) is 0 Å². The molecule has 24 heavy (non-hydrogen) atoms. The zero-order valence-corrected chi connectivity index (χ0v) is 15.0. The van der Waals surface area contributed by atoms with Gasteiger partial charge in [-0.05, 0) is 37.0 Å². The third kappa shape index (κ3) is 4.49. The van der Waals surface area contributed by atoms with Gasteiger partial charge in [-0.3, -0.25) is 4.79 Å². The third-order valence-corrected chi connectivity index (χ3v) is 4.72. The fourth-order valence-corrected chi connectivity index (χ4v) is 3.23. The topological polar surface area (TPSA) is 52.7 Å². The van der Waals surface area contributed by atoms with Crippen LogP contribution in [0.3, 0.4) is 0 Å². The molecule has 0 unspecified atom stereocenters. The number of benzene rings is 1. The second-order valence-electron chi connectivity index (χ2n) is 6.55. The number of carbonyl (C=O) groups excluding carboxylic acids is 2. The van der Waals surface area contributed by atoms with Crippen molar-refractivity contribution in [3.05, 3.63) is 35.4 Å².